The second-order valence-electron chi connectivity index (χ2n) is 8.71. The monoisotopic (exact) mass is 537 g/mol. The molecule has 3 heterocycles. The highest BCUT2D eigenvalue weighted by Gasteiger charge is 2.29. The molecule has 1 fully saturated rings. The fourth-order valence-corrected chi connectivity index (χ4v) is 5.61. The van der Waals surface area contributed by atoms with Gasteiger partial charge in [-0.05, 0) is 48.7 Å². The predicted octanol–water partition coefficient (Wildman–Crippen LogP) is 4.09. The maximum atomic E-state index is 13.6. The van der Waals surface area contributed by atoms with Crippen LogP contribution in [0.3, 0.4) is 0 Å². The molecule has 0 unspecified atom stereocenters. The second-order valence-corrected chi connectivity index (χ2v) is 11.1. The van der Waals surface area contributed by atoms with Gasteiger partial charge in [0.25, 0.3) is 5.89 Å². The Labute approximate surface area is 210 Å². The molecule has 5 rings (SSSR count). The van der Waals surface area contributed by atoms with Crippen LogP contribution in [0.15, 0.2) is 51.7 Å². The van der Waals surface area contributed by atoms with Gasteiger partial charge >= 0.3 is 12.1 Å². The molecule has 13 heteroatoms. The molecule has 9 nitrogen and oxygen atoms in total. The van der Waals surface area contributed by atoms with Gasteiger partial charge in [-0.2, -0.15) is 8.78 Å². The third-order valence-electron chi connectivity index (χ3n) is 6.35. The van der Waals surface area contributed by atoms with E-state index in [9.17, 15) is 22.0 Å². The third-order valence-corrected chi connectivity index (χ3v) is 7.89. The van der Waals surface area contributed by atoms with E-state index in [4.69, 9.17) is 16.0 Å². The summed E-state index contributed by atoms with van der Waals surface area (Å²) in [5, 5.41) is 7.48. The molecular weight excluding hydrogens is 516 g/mol. The summed E-state index contributed by atoms with van der Waals surface area (Å²) in [6.07, 6.45) is -0.634. The lowest BCUT2D eigenvalue weighted by Gasteiger charge is -2.30. The fraction of sp³-hybridized carbons (Fsp3) is 0.348. The molecule has 0 amide bonds. The molecule has 36 heavy (non-hydrogen) atoms. The van der Waals surface area contributed by atoms with E-state index in [1.165, 1.54) is 10.6 Å². The van der Waals surface area contributed by atoms with Crippen molar-refractivity contribution in [2.45, 2.75) is 31.9 Å². The van der Waals surface area contributed by atoms with E-state index in [1.54, 1.807) is 51.6 Å². The van der Waals surface area contributed by atoms with E-state index in [1.807, 2.05) is 0 Å². The first kappa shape index (κ1) is 24.6. The average Bonchev–Trinajstić information content (AvgIpc) is 3.43. The van der Waals surface area contributed by atoms with Gasteiger partial charge in [0.05, 0.1) is 23.8 Å². The van der Waals surface area contributed by atoms with Crippen LogP contribution in [0.4, 0.5) is 8.78 Å². The Kier molecular flexibility index (Phi) is 6.43. The Morgan fingerprint density at radius 2 is 1.78 bits per heavy atom. The molecule has 2 aromatic heterocycles. The van der Waals surface area contributed by atoms with Crippen LogP contribution in [0.2, 0.25) is 5.02 Å². The number of sulfonamides is 1. The Hall–Kier alpha value is -3.09. The van der Waals surface area contributed by atoms with Crippen molar-refractivity contribution in [3.63, 3.8) is 0 Å². The number of halogens is 3. The van der Waals surface area contributed by atoms with Crippen molar-refractivity contribution in [2.24, 2.45) is 0 Å². The molecule has 1 aliphatic heterocycles. The van der Waals surface area contributed by atoms with E-state index in [-0.39, 0.29) is 24.2 Å². The summed E-state index contributed by atoms with van der Waals surface area (Å²) >= 11 is 6.25. The standard InChI is InChI=1S/C23H22ClF2N5O4S/c1-36(33,34)29-10-8-17(9-11-29)31-19-12-16(24)6-7-18(19)30(23(31)32)13-14-2-4-15(5-3-14)21-27-28-22(35-21)20(25)26/h2-7,12,17,20H,8-11,13H2,1H3. The number of alkyl halides is 2. The molecule has 1 saturated heterocycles. The van der Waals surface area contributed by atoms with E-state index in [0.29, 0.717) is 47.6 Å². The van der Waals surface area contributed by atoms with Gasteiger partial charge in [-0.3, -0.25) is 9.13 Å². The molecule has 2 aromatic carbocycles. The molecule has 1 aliphatic rings. The molecule has 0 bridgehead atoms. The molecule has 0 N–H and O–H groups in total. The van der Waals surface area contributed by atoms with Crippen LogP contribution < -0.4 is 5.69 Å². The van der Waals surface area contributed by atoms with Crippen molar-refractivity contribution in [1.29, 1.82) is 0 Å². The predicted molar refractivity (Wildman–Crippen MR) is 130 cm³/mol. The maximum Gasteiger partial charge on any atom is 0.329 e. The summed E-state index contributed by atoms with van der Waals surface area (Å²) in [6.45, 7) is 0.944. The van der Waals surface area contributed by atoms with Gasteiger partial charge in [-0.25, -0.2) is 17.5 Å². The minimum absolute atomic E-state index is 0.0132. The number of nitrogens with zero attached hydrogens (tertiary/aromatic N) is 5. The van der Waals surface area contributed by atoms with Gasteiger partial charge in [0, 0.05) is 29.7 Å². The summed E-state index contributed by atoms with van der Waals surface area (Å²) < 4.78 is 59.0. The summed E-state index contributed by atoms with van der Waals surface area (Å²) in [6, 6.07) is 11.9. The normalized spacial score (nSPS) is 15.8. The Morgan fingerprint density at radius 1 is 1.08 bits per heavy atom. The molecule has 4 aromatic rings. The van der Waals surface area contributed by atoms with Crippen molar-refractivity contribution >= 4 is 32.7 Å². The lowest BCUT2D eigenvalue weighted by Crippen LogP contribution is -2.40. The number of aromatic nitrogens is 4. The smallest absolute Gasteiger partial charge is 0.329 e. The molecule has 190 valence electrons. The Balaban J connectivity index is 1.45. The van der Waals surface area contributed by atoms with Crippen LogP contribution in [0.25, 0.3) is 22.5 Å². The number of hydrogen-bond donors (Lipinski definition) is 0. The minimum Gasteiger partial charge on any atom is -0.415 e. The molecule has 0 atom stereocenters. The largest absolute Gasteiger partial charge is 0.415 e. The topological polar surface area (TPSA) is 103 Å². The first-order valence-electron chi connectivity index (χ1n) is 11.2. The van der Waals surface area contributed by atoms with Crippen molar-refractivity contribution in [3.8, 4) is 11.5 Å². The first-order chi connectivity index (χ1) is 17.1. The van der Waals surface area contributed by atoms with Crippen molar-refractivity contribution in [3.05, 3.63) is 69.4 Å². The third kappa shape index (κ3) is 4.67. The summed E-state index contributed by atoms with van der Waals surface area (Å²) in [7, 11) is -3.29. The summed E-state index contributed by atoms with van der Waals surface area (Å²) in [5.41, 5.74) is 2.46. The van der Waals surface area contributed by atoms with Gasteiger partial charge in [0.15, 0.2) is 0 Å². The van der Waals surface area contributed by atoms with E-state index < -0.39 is 22.3 Å². The summed E-state index contributed by atoms with van der Waals surface area (Å²) in [5.74, 6) is -0.754. The van der Waals surface area contributed by atoms with Crippen LogP contribution in [0.5, 0.6) is 0 Å². The van der Waals surface area contributed by atoms with E-state index in [0.717, 1.165) is 5.56 Å². The number of piperidine rings is 1. The van der Waals surface area contributed by atoms with Gasteiger partial charge < -0.3 is 4.42 Å². The Morgan fingerprint density at radius 3 is 2.39 bits per heavy atom. The zero-order chi connectivity index (χ0) is 25.6. The number of rotatable bonds is 6. The van der Waals surface area contributed by atoms with Crippen LogP contribution in [-0.4, -0.2) is 51.4 Å². The van der Waals surface area contributed by atoms with E-state index in [2.05, 4.69) is 10.2 Å². The number of fused-ring (bicyclic) bond motifs is 1. The molecule has 0 saturated carbocycles. The average molecular weight is 538 g/mol. The molecule has 0 spiro atoms. The lowest BCUT2D eigenvalue weighted by atomic mass is 10.1. The lowest BCUT2D eigenvalue weighted by molar-refractivity contribution is 0.116. The van der Waals surface area contributed by atoms with Crippen LogP contribution in [0.1, 0.15) is 36.8 Å². The van der Waals surface area contributed by atoms with Gasteiger partial charge in [0.1, 0.15) is 0 Å². The molecular formula is C23H22ClF2N5O4S. The zero-order valence-corrected chi connectivity index (χ0v) is 20.7. The first-order valence-corrected chi connectivity index (χ1v) is 13.4. The highest BCUT2D eigenvalue weighted by molar-refractivity contribution is 7.88. The number of hydrogen-bond acceptors (Lipinski definition) is 6. The quantitative estimate of drug-likeness (QED) is 0.367. The number of benzene rings is 2. The second kappa shape index (κ2) is 9.41. The van der Waals surface area contributed by atoms with Crippen LogP contribution in [0, 0.1) is 0 Å². The molecule has 0 aliphatic carbocycles. The van der Waals surface area contributed by atoms with Crippen molar-refractivity contribution in [2.75, 3.05) is 19.3 Å². The van der Waals surface area contributed by atoms with Gasteiger partial charge in [-0.1, -0.05) is 23.7 Å². The van der Waals surface area contributed by atoms with Crippen LogP contribution >= 0.6 is 11.6 Å². The Bertz CT molecular complexity index is 1570. The highest BCUT2D eigenvalue weighted by atomic mass is 35.5. The van der Waals surface area contributed by atoms with E-state index >= 15 is 0 Å². The van der Waals surface area contributed by atoms with Crippen molar-refractivity contribution in [1.82, 2.24) is 23.6 Å². The minimum atomic E-state index is -3.29. The maximum absolute atomic E-state index is 13.6. The SMILES string of the molecule is CS(=O)(=O)N1CCC(n2c(=O)n(Cc3ccc(-c4nnc(C(F)F)o4)cc3)c3ccc(Cl)cc32)CC1. The zero-order valence-electron chi connectivity index (χ0n) is 19.1. The summed E-state index contributed by atoms with van der Waals surface area (Å²) in [4.78, 5) is 13.6. The highest BCUT2D eigenvalue weighted by Crippen LogP contribution is 2.29. The fourth-order valence-electron chi connectivity index (χ4n) is 4.57. The van der Waals surface area contributed by atoms with Gasteiger partial charge in [-0.15, -0.1) is 10.2 Å². The van der Waals surface area contributed by atoms with Crippen molar-refractivity contribution < 1.29 is 21.6 Å². The molecule has 0 radical (unpaired) electrons. The van der Waals surface area contributed by atoms with Gasteiger partial charge in [0.2, 0.25) is 15.9 Å². The van der Waals surface area contributed by atoms with Crippen LogP contribution in [-0.2, 0) is 16.6 Å². The number of imidazole rings is 1.